The van der Waals surface area contributed by atoms with E-state index < -0.39 is 40.6 Å². The standard InChI is InChI=1S/C41H42N6O9S/c1-45-31-16-15-29(47(57(54)55)30-12-5-6-13-33(30)56-2)26-22-24(23-27(36(26)31)39(45)51)14-18-34(48)43-21-8-4-3-7-20-42-28-11-9-10-25-37(28)41(53)46(40(25)52)32-17-19-35(49)44-38(32)50/h5-6,9-13,15-16,22-23,32,42,57H,3-4,7-8,14,17-21H2,1-2H3,(H,43,48)(H,44,49,50). The summed E-state index contributed by atoms with van der Waals surface area (Å²) >= 11 is 0. The Hall–Kier alpha value is -6.29. The van der Waals surface area contributed by atoms with Crippen molar-refractivity contribution in [3.63, 3.8) is 0 Å². The Morgan fingerprint density at radius 3 is 2.40 bits per heavy atom. The van der Waals surface area contributed by atoms with Gasteiger partial charge in [-0.15, -0.1) is 0 Å². The van der Waals surface area contributed by atoms with E-state index in [4.69, 9.17) is 4.74 Å². The summed E-state index contributed by atoms with van der Waals surface area (Å²) in [5, 5.41) is 9.63. The molecule has 0 bridgehead atoms. The average molecular weight is 795 g/mol. The second-order valence-electron chi connectivity index (χ2n) is 14.1. The van der Waals surface area contributed by atoms with Crippen LogP contribution in [-0.2, 0) is 31.7 Å². The molecule has 0 spiro atoms. The number of aryl methyl sites for hydroxylation is 1. The van der Waals surface area contributed by atoms with Crippen molar-refractivity contribution < 1.29 is 41.9 Å². The van der Waals surface area contributed by atoms with E-state index in [1.54, 1.807) is 67.7 Å². The quantitative estimate of drug-likeness (QED) is 0.0726. The van der Waals surface area contributed by atoms with Crippen molar-refractivity contribution in [3.8, 4) is 5.75 Å². The van der Waals surface area contributed by atoms with Crippen LogP contribution >= 0.6 is 0 Å². The van der Waals surface area contributed by atoms with E-state index in [1.807, 2.05) is 6.07 Å². The van der Waals surface area contributed by atoms with Gasteiger partial charge in [0.2, 0.25) is 28.6 Å². The molecule has 0 saturated carbocycles. The van der Waals surface area contributed by atoms with Gasteiger partial charge in [0, 0.05) is 49.4 Å². The molecule has 3 aliphatic rings. The minimum atomic E-state index is -3.15. The number of anilines is 4. The van der Waals surface area contributed by atoms with Crippen LogP contribution < -0.4 is 29.9 Å². The van der Waals surface area contributed by atoms with Crippen molar-refractivity contribution in [2.24, 2.45) is 0 Å². The molecule has 6 amide bonds. The molecule has 15 nitrogen and oxygen atoms in total. The number of methoxy groups -OCH3 is 1. The number of hydrogen-bond donors (Lipinski definition) is 4. The number of piperidine rings is 1. The number of carbonyl (C=O) groups excluding carboxylic acids is 6. The third kappa shape index (κ3) is 7.51. The Labute approximate surface area is 330 Å². The van der Waals surface area contributed by atoms with Crippen LogP contribution in [0.25, 0.3) is 10.8 Å². The molecular formula is C41H42N6O9S. The van der Waals surface area contributed by atoms with Crippen LogP contribution in [0.1, 0.15) is 81.6 Å². The largest absolute Gasteiger partial charge is 0.495 e. The number of carbonyl (C=O) groups is 6. The first-order valence-electron chi connectivity index (χ1n) is 18.8. The predicted octanol–water partition coefficient (Wildman–Crippen LogP) is 4.23. The fourth-order valence-corrected chi connectivity index (χ4v) is 8.44. The van der Waals surface area contributed by atoms with E-state index in [2.05, 4.69) is 16.0 Å². The zero-order chi connectivity index (χ0) is 40.4. The highest BCUT2D eigenvalue weighted by Gasteiger charge is 2.45. The number of imide groups is 2. The fourth-order valence-electron chi connectivity index (χ4n) is 7.75. The Morgan fingerprint density at radius 1 is 0.877 bits per heavy atom. The van der Waals surface area contributed by atoms with Gasteiger partial charge in [0.05, 0.1) is 40.9 Å². The molecule has 0 aliphatic carbocycles. The van der Waals surface area contributed by atoms with E-state index in [-0.39, 0.29) is 42.2 Å². The molecule has 296 valence electrons. The number of fused-ring (bicyclic) bond motifs is 1. The number of rotatable bonds is 16. The van der Waals surface area contributed by atoms with E-state index in [1.165, 1.54) is 16.3 Å². The molecule has 3 heterocycles. The monoisotopic (exact) mass is 794 g/mol. The Balaban J connectivity index is 0.907. The number of unbranched alkanes of at least 4 members (excludes halogenated alkanes) is 3. The van der Waals surface area contributed by atoms with Gasteiger partial charge >= 0.3 is 0 Å². The van der Waals surface area contributed by atoms with Gasteiger partial charge in [0.15, 0.2) is 0 Å². The van der Waals surface area contributed by atoms with Gasteiger partial charge < -0.3 is 20.3 Å². The van der Waals surface area contributed by atoms with Gasteiger partial charge in [-0.3, -0.25) is 39.0 Å². The molecule has 4 aromatic carbocycles. The minimum absolute atomic E-state index is 0.0518. The molecule has 7 rings (SSSR count). The van der Waals surface area contributed by atoms with Gasteiger partial charge in [-0.2, -0.15) is 0 Å². The SMILES string of the molecule is COc1ccccc1N(c1ccc2c3c(cc(CCC(=O)NCCCCCCNc4cccc5c4C(=O)N(C4CCC(=O)NC4=O)C5=O)cc13)C(=O)N2C)[SH](=O)=O. The first kappa shape index (κ1) is 39.0. The van der Waals surface area contributed by atoms with E-state index in [0.29, 0.717) is 64.3 Å². The minimum Gasteiger partial charge on any atom is -0.495 e. The molecule has 1 fully saturated rings. The number of hydrogen-bond acceptors (Lipinski definition) is 10. The van der Waals surface area contributed by atoms with Crippen molar-refractivity contribution in [1.82, 2.24) is 15.5 Å². The van der Waals surface area contributed by atoms with Gasteiger partial charge in [-0.25, -0.2) is 12.7 Å². The van der Waals surface area contributed by atoms with Crippen LogP contribution in [0.3, 0.4) is 0 Å². The van der Waals surface area contributed by atoms with Crippen molar-refractivity contribution in [2.45, 2.75) is 57.4 Å². The first-order valence-corrected chi connectivity index (χ1v) is 19.9. The molecule has 57 heavy (non-hydrogen) atoms. The van der Waals surface area contributed by atoms with Crippen molar-refractivity contribution in [1.29, 1.82) is 0 Å². The maximum absolute atomic E-state index is 13.3. The molecule has 1 saturated heterocycles. The molecule has 16 heteroatoms. The zero-order valence-electron chi connectivity index (χ0n) is 31.5. The summed E-state index contributed by atoms with van der Waals surface area (Å²) < 4.78 is 32.1. The predicted molar refractivity (Wildman–Crippen MR) is 214 cm³/mol. The number of nitrogens with one attached hydrogen (secondary N) is 3. The van der Waals surface area contributed by atoms with Crippen molar-refractivity contribution in [2.75, 3.05) is 41.8 Å². The summed E-state index contributed by atoms with van der Waals surface area (Å²) in [5.74, 6) is -2.18. The highest BCUT2D eigenvalue weighted by molar-refractivity contribution is 7.74. The number of para-hydroxylation sites is 2. The Bertz CT molecular complexity index is 2410. The van der Waals surface area contributed by atoms with Crippen LogP contribution in [0, 0.1) is 0 Å². The first-order chi connectivity index (χ1) is 27.5. The number of amides is 6. The lowest BCUT2D eigenvalue weighted by atomic mass is 9.97. The number of nitrogens with zero attached hydrogens (tertiary/aromatic N) is 3. The lowest BCUT2D eigenvalue weighted by molar-refractivity contribution is -0.136. The smallest absolute Gasteiger partial charge is 0.264 e. The van der Waals surface area contributed by atoms with Crippen LogP contribution in [0.5, 0.6) is 5.75 Å². The average Bonchev–Trinajstić information content (AvgIpc) is 3.60. The van der Waals surface area contributed by atoms with Gasteiger partial charge in [0.25, 0.3) is 17.7 Å². The lowest BCUT2D eigenvalue weighted by Gasteiger charge is -2.27. The normalized spacial score (nSPS) is 16.1. The Kier molecular flexibility index (Phi) is 11.2. The van der Waals surface area contributed by atoms with Crippen LogP contribution in [0.4, 0.5) is 22.7 Å². The molecule has 4 aromatic rings. The molecule has 0 radical (unpaired) electrons. The second kappa shape index (κ2) is 16.4. The fraction of sp³-hybridized carbons (Fsp3) is 0.317. The molecule has 0 aromatic heterocycles. The zero-order valence-corrected chi connectivity index (χ0v) is 32.4. The summed E-state index contributed by atoms with van der Waals surface area (Å²) in [7, 11) is -0.0137. The summed E-state index contributed by atoms with van der Waals surface area (Å²) in [4.78, 5) is 79.0. The third-order valence-corrected chi connectivity index (χ3v) is 11.3. The van der Waals surface area contributed by atoms with Crippen LogP contribution in [0.2, 0.25) is 0 Å². The summed E-state index contributed by atoms with van der Waals surface area (Å²) in [6, 6.07) is 17.8. The summed E-state index contributed by atoms with van der Waals surface area (Å²) in [6.07, 6.45) is 3.86. The maximum Gasteiger partial charge on any atom is 0.264 e. The topological polar surface area (TPSA) is 192 Å². The van der Waals surface area contributed by atoms with Crippen molar-refractivity contribution >= 4 is 79.9 Å². The van der Waals surface area contributed by atoms with Gasteiger partial charge in [-0.1, -0.05) is 31.0 Å². The third-order valence-electron chi connectivity index (χ3n) is 10.6. The summed E-state index contributed by atoms with van der Waals surface area (Å²) in [6.45, 7) is 1.02. The summed E-state index contributed by atoms with van der Waals surface area (Å²) in [5.41, 5.74) is 3.50. The lowest BCUT2D eigenvalue weighted by Crippen LogP contribution is -2.54. The molecular weight excluding hydrogens is 753 g/mol. The van der Waals surface area contributed by atoms with E-state index >= 15 is 0 Å². The highest BCUT2D eigenvalue weighted by Crippen LogP contribution is 2.45. The van der Waals surface area contributed by atoms with Crippen LogP contribution in [-0.4, -0.2) is 82.0 Å². The Morgan fingerprint density at radius 2 is 1.65 bits per heavy atom. The second-order valence-corrected chi connectivity index (χ2v) is 15.0. The van der Waals surface area contributed by atoms with E-state index in [9.17, 15) is 37.2 Å². The molecule has 3 aliphatic heterocycles. The van der Waals surface area contributed by atoms with Crippen LogP contribution in [0.15, 0.2) is 66.7 Å². The maximum atomic E-state index is 13.3. The number of benzene rings is 4. The van der Waals surface area contributed by atoms with Gasteiger partial charge in [0.1, 0.15) is 11.8 Å². The highest BCUT2D eigenvalue weighted by atomic mass is 32.2. The van der Waals surface area contributed by atoms with Crippen molar-refractivity contribution in [3.05, 3.63) is 89.0 Å². The number of ether oxygens (including phenoxy) is 1. The van der Waals surface area contributed by atoms with Gasteiger partial charge in [-0.05, 0) is 79.8 Å². The van der Waals surface area contributed by atoms with E-state index in [0.717, 1.165) is 36.1 Å². The number of thiol groups is 1. The molecule has 1 unspecified atom stereocenters. The molecule has 1 atom stereocenters. The molecule has 3 N–H and O–H groups in total.